The van der Waals surface area contributed by atoms with Gasteiger partial charge in [-0.1, -0.05) is 13.8 Å². The predicted octanol–water partition coefficient (Wildman–Crippen LogP) is 2.20. The molecule has 0 heterocycles. The summed E-state index contributed by atoms with van der Waals surface area (Å²) in [4.78, 5) is 24.1. The summed E-state index contributed by atoms with van der Waals surface area (Å²) in [7, 11) is 1.32. The number of rotatable bonds is 5. The van der Waals surface area contributed by atoms with Gasteiger partial charge < -0.3 is 15.8 Å². The summed E-state index contributed by atoms with van der Waals surface area (Å²) in [6, 6.07) is 2.81. The van der Waals surface area contributed by atoms with Crippen LogP contribution < -0.4 is 11.1 Å². The van der Waals surface area contributed by atoms with Crippen LogP contribution in [-0.2, 0) is 9.53 Å². The van der Waals surface area contributed by atoms with E-state index in [1.165, 1.54) is 7.11 Å². The molecule has 1 aromatic rings. The smallest absolute Gasteiger partial charge is 0.328 e. The topological polar surface area (TPSA) is 81.4 Å². The van der Waals surface area contributed by atoms with Crippen molar-refractivity contribution >= 4 is 17.6 Å². The molecule has 0 aromatic heterocycles. The molecule has 3 N–H and O–H groups in total. The molecule has 0 aliphatic heterocycles. The van der Waals surface area contributed by atoms with E-state index in [2.05, 4.69) is 5.32 Å². The van der Waals surface area contributed by atoms with Gasteiger partial charge in [-0.3, -0.25) is 4.79 Å². The number of methoxy groups -OCH3 is 1. The minimum absolute atomic E-state index is 0.268. The van der Waals surface area contributed by atoms with Crippen molar-refractivity contribution in [2.24, 2.45) is 5.92 Å². The maximum Gasteiger partial charge on any atom is 0.328 e. The van der Waals surface area contributed by atoms with Crippen molar-refractivity contribution in [1.29, 1.82) is 0 Å². The highest BCUT2D eigenvalue weighted by Gasteiger charge is 2.23. The van der Waals surface area contributed by atoms with Crippen LogP contribution in [0.4, 0.5) is 5.69 Å². The summed E-state index contributed by atoms with van der Waals surface area (Å²) in [5, 5.41) is 2.73. The van der Waals surface area contributed by atoms with Crippen LogP contribution in [0.25, 0.3) is 0 Å². The van der Waals surface area contributed by atoms with Gasteiger partial charge in [-0.05, 0) is 49.4 Å². The lowest BCUT2D eigenvalue weighted by molar-refractivity contribution is -0.143. The SMILES string of the molecule is COC(=O)[C@H](CC(C)C)NC(=O)c1cc(C)c(N)c(C)c1. The third kappa shape index (κ3) is 4.48. The van der Waals surface area contributed by atoms with Gasteiger partial charge in [0, 0.05) is 11.3 Å². The van der Waals surface area contributed by atoms with Crippen molar-refractivity contribution in [3.05, 3.63) is 28.8 Å². The highest BCUT2D eigenvalue weighted by molar-refractivity contribution is 5.97. The van der Waals surface area contributed by atoms with Crippen LogP contribution in [0.2, 0.25) is 0 Å². The summed E-state index contributed by atoms with van der Waals surface area (Å²) < 4.78 is 4.74. The van der Waals surface area contributed by atoms with Gasteiger partial charge in [0.25, 0.3) is 5.91 Å². The van der Waals surface area contributed by atoms with Crippen molar-refractivity contribution < 1.29 is 14.3 Å². The second kappa shape index (κ2) is 7.11. The summed E-state index contributed by atoms with van der Waals surface area (Å²) in [5.74, 6) is -0.456. The summed E-state index contributed by atoms with van der Waals surface area (Å²) in [6.45, 7) is 7.68. The molecule has 1 amide bonds. The molecular weight excluding hydrogens is 268 g/mol. The number of nitrogens with two attached hydrogens (primary N) is 1. The molecule has 5 nitrogen and oxygen atoms in total. The number of amides is 1. The third-order valence-electron chi connectivity index (χ3n) is 3.35. The fourth-order valence-electron chi connectivity index (χ4n) is 2.18. The van der Waals surface area contributed by atoms with Gasteiger partial charge in [0.15, 0.2) is 0 Å². The maximum absolute atomic E-state index is 12.3. The van der Waals surface area contributed by atoms with Gasteiger partial charge in [-0.15, -0.1) is 0 Å². The van der Waals surface area contributed by atoms with Crippen LogP contribution in [0.1, 0.15) is 41.8 Å². The molecular formula is C16H24N2O3. The Morgan fingerprint density at radius 2 is 1.76 bits per heavy atom. The first kappa shape index (κ1) is 17.0. The summed E-state index contributed by atoms with van der Waals surface area (Å²) >= 11 is 0. The van der Waals surface area contributed by atoms with Crippen LogP contribution in [0, 0.1) is 19.8 Å². The minimum atomic E-state index is -0.638. The Kier molecular flexibility index (Phi) is 5.76. The Hall–Kier alpha value is -2.04. The van der Waals surface area contributed by atoms with Crippen molar-refractivity contribution in [2.45, 2.75) is 40.2 Å². The molecule has 0 bridgehead atoms. The first-order valence-electron chi connectivity index (χ1n) is 7.01. The molecule has 0 saturated carbocycles. The number of esters is 1. The van der Waals surface area contributed by atoms with Crippen molar-refractivity contribution in [1.82, 2.24) is 5.32 Å². The second-order valence-corrected chi connectivity index (χ2v) is 5.70. The lowest BCUT2D eigenvalue weighted by Crippen LogP contribution is -2.42. The number of nitrogens with one attached hydrogen (secondary N) is 1. The van der Waals surface area contributed by atoms with Gasteiger partial charge in [0.1, 0.15) is 6.04 Å². The highest BCUT2D eigenvalue weighted by atomic mass is 16.5. The number of carbonyl (C=O) groups excluding carboxylic acids is 2. The van der Waals surface area contributed by atoms with Crippen molar-refractivity contribution in [3.8, 4) is 0 Å². The Bertz CT molecular complexity index is 515. The first-order valence-corrected chi connectivity index (χ1v) is 7.01. The fourth-order valence-corrected chi connectivity index (χ4v) is 2.18. The van der Waals surface area contributed by atoms with E-state index in [0.717, 1.165) is 11.1 Å². The van der Waals surface area contributed by atoms with Gasteiger partial charge >= 0.3 is 5.97 Å². The van der Waals surface area contributed by atoms with Crippen LogP contribution >= 0.6 is 0 Å². The molecule has 1 aromatic carbocycles. The van der Waals surface area contributed by atoms with Crippen molar-refractivity contribution in [2.75, 3.05) is 12.8 Å². The van der Waals surface area contributed by atoms with Crippen LogP contribution in [0.15, 0.2) is 12.1 Å². The number of carbonyl (C=O) groups is 2. The zero-order valence-electron chi connectivity index (χ0n) is 13.3. The lowest BCUT2D eigenvalue weighted by atomic mass is 10.0. The Morgan fingerprint density at radius 3 is 2.19 bits per heavy atom. The molecule has 0 aliphatic carbocycles. The Morgan fingerprint density at radius 1 is 1.24 bits per heavy atom. The van der Waals surface area contributed by atoms with E-state index in [-0.39, 0.29) is 11.8 Å². The Labute approximate surface area is 125 Å². The van der Waals surface area contributed by atoms with Gasteiger partial charge in [-0.2, -0.15) is 0 Å². The third-order valence-corrected chi connectivity index (χ3v) is 3.35. The monoisotopic (exact) mass is 292 g/mol. The lowest BCUT2D eigenvalue weighted by Gasteiger charge is -2.19. The maximum atomic E-state index is 12.3. The number of aryl methyl sites for hydroxylation is 2. The van der Waals surface area contributed by atoms with Crippen LogP contribution in [0.5, 0.6) is 0 Å². The second-order valence-electron chi connectivity index (χ2n) is 5.70. The molecule has 0 saturated heterocycles. The molecule has 1 rings (SSSR count). The number of nitrogen functional groups attached to an aromatic ring is 1. The largest absolute Gasteiger partial charge is 0.467 e. The number of ether oxygens (including phenoxy) is 1. The zero-order valence-corrected chi connectivity index (χ0v) is 13.3. The van der Waals surface area contributed by atoms with Crippen LogP contribution in [-0.4, -0.2) is 25.0 Å². The molecule has 116 valence electrons. The van der Waals surface area contributed by atoms with E-state index < -0.39 is 12.0 Å². The molecule has 21 heavy (non-hydrogen) atoms. The fraction of sp³-hybridized carbons (Fsp3) is 0.500. The first-order chi connectivity index (χ1) is 9.76. The Balaban J connectivity index is 2.94. The van der Waals surface area contributed by atoms with E-state index in [1.807, 2.05) is 27.7 Å². The molecule has 0 unspecified atom stereocenters. The normalized spacial score (nSPS) is 12.1. The molecule has 0 radical (unpaired) electrons. The average Bonchev–Trinajstić information content (AvgIpc) is 2.41. The van der Waals surface area contributed by atoms with E-state index in [0.29, 0.717) is 17.7 Å². The molecule has 0 spiro atoms. The zero-order chi connectivity index (χ0) is 16.2. The number of hydrogen-bond donors (Lipinski definition) is 2. The minimum Gasteiger partial charge on any atom is -0.467 e. The summed E-state index contributed by atoms with van der Waals surface area (Å²) in [6.07, 6.45) is 0.533. The number of anilines is 1. The van der Waals surface area contributed by atoms with E-state index in [4.69, 9.17) is 10.5 Å². The molecule has 0 aliphatic rings. The van der Waals surface area contributed by atoms with Gasteiger partial charge in [0.05, 0.1) is 7.11 Å². The van der Waals surface area contributed by atoms with Crippen LogP contribution in [0.3, 0.4) is 0 Å². The number of hydrogen-bond acceptors (Lipinski definition) is 4. The van der Waals surface area contributed by atoms with Gasteiger partial charge in [0.2, 0.25) is 0 Å². The molecule has 5 heteroatoms. The van der Waals surface area contributed by atoms with E-state index in [1.54, 1.807) is 12.1 Å². The standard InChI is InChI=1S/C16H24N2O3/c1-9(2)6-13(16(20)21-5)18-15(19)12-7-10(3)14(17)11(4)8-12/h7-9,13H,6,17H2,1-5H3,(H,18,19)/t13-/m0/s1. The van der Waals surface area contributed by atoms with Gasteiger partial charge in [-0.25, -0.2) is 4.79 Å². The average molecular weight is 292 g/mol. The van der Waals surface area contributed by atoms with E-state index in [9.17, 15) is 9.59 Å². The highest BCUT2D eigenvalue weighted by Crippen LogP contribution is 2.19. The molecule has 1 atom stereocenters. The predicted molar refractivity (Wildman–Crippen MR) is 83.1 cm³/mol. The summed E-state index contributed by atoms with van der Waals surface area (Å²) in [5.41, 5.74) is 8.75. The molecule has 0 fully saturated rings. The quantitative estimate of drug-likeness (QED) is 0.644. The van der Waals surface area contributed by atoms with E-state index >= 15 is 0 Å². The van der Waals surface area contributed by atoms with Crippen molar-refractivity contribution in [3.63, 3.8) is 0 Å². The number of benzene rings is 1.